The van der Waals surface area contributed by atoms with Crippen LogP contribution in [0.4, 0.5) is 5.95 Å². The summed E-state index contributed by atoms with van der Waals surface area (Å²) < 4.78 is 17.8. The summed E-state index contributed by atoms with van der Waals surface area (Å²) in [5, 5.41) is 9.92. The number of carbonyl (C=O) groups is 1. The second-order valence-electron chi connectivity index (χ2n) is 10.5. The van der Waals surface area contributed by atoms with Crippen LogP contribution in [0.2, 0.25) is 0 Å². The van der Waals surface area contributed by atoms with Gasteiger partial charge in [-0.25, -0.2) is 9.97 Å². The van der Waals surface area contributed by atoms with Crippen LogP contribution in [0.25, 0.3) is 0 Å². The van der Waals surface area contributed by atoms with Crippen LogP contribution >= 0.6 is 0 Å². The smallest absolute Gasteiger partial charge is 0.253 e. The van der Waals surface area contributed by atoms with Crippen LogP contribution in [0.1, 0.15) is 33.6 Å². The van der Waals surface area contributed by atoms with Gasteiger partial charge in [-0.2, -0.15) is 0 Å². The molecular formula is C26H38N4O5. The number of rotatable bonds is 7. The van der Waals surface area contributed by atoms with Gasteiger partial charge in [-0.05, 0) is 32.8 Å². The van der Waals surface area contributed by atoms with Gasteiger partial charge in [-0.3, -0.25) is 4.79 Å². The van der Waals surface area contributed by atoms with Gasteiger partial charge in [0.05, 0.1) is 43.2 Å². The van der Waals surface area contributed by atoms with Gasteiger partial charge in [0.1, 0.15) is 0 Å². The van der Waals surface area contributed by atoms with Gasteiger partial charge in [0.15, 0.2) is 0 Å². The van der Waals surface area contributed by atoms with E-state index in [1.807, 2.05) is 36.1 Å². The molecule has 0 bridgehead atoms. The molecule has 1 N–H and O–H groups in total. The number of morpholine rings is 1. The van der Waals surface area contributed by atoms with Crippen LogP contribution in [0.3, 0.4) is 0 Å². The minimum atomic E-state index is -0.886. The molecule has 0 saturated carbocycles. The van der Waals surface area contributed by atoms with Crippen molar-refractivity contribution < 1.29 is 24.1 Å². The molecule has 2 saturated heterocycles. The lowest BCUT2D eigenvalue weighted by molar-refractivity contribution is -0.155. The molecule has 0 radical (unpaired) electrons. The minimum absolute atomic E-state index is 0.0383. The van der Waals surface area contributed by atoms with Crippen molar-refractivity contribution in [2.24, 2.45) is 5.92 Å². The molecule has 1 aliphatic carbocycles. The Labute approximate surface area is 207 Å². The van der Waals surface area contributed by atoms with Crippen molar-refractivity contribution in [3.8, 4) is 0 Å². The summed E-state index contributed by atoms with van der Waals surface area (Å²) in [6.45, 7) is 8.83. The fraction of sp³-hybridized carbons (Fsp3) is 0.654. The maximum Gasteiger partial charge on any atom is 0.253 e. The first-order valence-corrected chi connectivity index (χ1v) is 12.4. The fourth-order valence-electron chi connectivity index (χ4n) is 5.00. The number of likely N-dealkylation sites (tertiary alicyclic amines) is 1. The molecule has 3 atom stereocenters. The third kappa shape index (κ3) is 6.46. The van der Waals surface area contributed by atoms with Crippen molar-refractivity contribution >= 4 is 11.9 Å². The lowest BCUT2D eigenvalue weighted by Crippen LogP contribution is -2.61. The van der Waals surface area contributed by atoms with Gasteiger partial charge in [-0.1, -0.05) is 25.2 Å². The zero-order valence-electron chi connectivity index (χ0n) is 21.2. The van der Waals surface area contributed by atoms with Gasteiger partial charge < -0.3 is 29.1 Å². The van der Waals surface area contributed by atoms with Gasteiger partial charge >= 0.3 is 0 Å². The van der Waals surface area contributed by atoms with Crippen molar-refractivity contribution in [2.75, 3.05) is 51.4 Å². The van der Waals surface area contributed by atoms with E-state index in [-0.39, 0.29) is 36.2 Å². The molecule has 0 aromatic carbocycles. The molecule has 3 aliphatic rings. The van der Waals surface area contributed by atoms with E-state index >= 15 is 0 Å². The molecular weight excluding hydrogens is 448 g/mol. The Morgan fingerprint density at radius 1 is 1.29 bits per heavy atom. The van der Waals surface area contributed by atoms with Crippen LogP contribution in [-0.4, -0.2) is 95.8 Å². The number of aromatic nitrogens is 2. The lowest BCUT2D eigenvalue weighted by Gasteiger charge is -2.50. The van der Waals surface area contributed by atoms with Gasteiger partial charge in [0, 0.05) is 50.6 Å². The monoisotopic (exact) mass is 486 g/mol. The third-order valence-electron chi connectivity index (χ3n) is 6.77. The highest BCUT2D eigenvalue weighted by atomic mass is 16.5. The third-order valence-corrected chi connectivity index (χ3v) is 6.77. The molecule has 1 amide bonds. The number of hydrogen-bond donors (Lipinski definition) is 1. The Morgan fingerprint density at radius 3 is 2.63 bits per heavy atom. The Bertz CT molecular complexity index is 921. The maximum atomic E-state index is 13.3. The highest BCUT2D eigenvalue weighted by Crippen LogP contribution is 2.34. The first-order chi connectivity index (χ1) is 16.7. The molecule has 3 unspecified atom stereocenters. The molecule has 4 rings (SSSR count). The quantitative estimate of drug-likeness (QED) is 0.625. The predicted octanol–water partition coefficient (Wildman–Crippen LogP) is 1.98. The zero-order chi connectivity index (χ0) is 25.1. The highest BCUT2D eigenvalue weighted by Gasteiger charge is 2.44. The number of anilines is 1. The van der Waals surface area contributed by atoms with E-state index in [2.05, 4.69) is 14.9 Å². The standard InChI is InChI=1S/C26H38N4O5/c1-19-14-20(6-7-22(19)34-18-25(2,3)32)23(31)29-12-8-26(9-13-29)17-30(15-21(35-26)16-33-4)24-27-10-5-11-28-24/h5-7,10-11,14,19,21-22,32H,8-9,12-13,15-18H2,1-4H3. The number of ether oxygens (including phenoxy) is 3. The van der Waals surface area contributed by atoms with Crippen LogP contribution in [0.15, 0.2) is 42.3 Å². The number of aliphatic hydroxyl groups is 1. The number of piperidine rings is 1. The Kier molecular flexibility index (Phi) is 7.90. The summed E-state index contributed by atoms with van der Waals surface area (Å²) in [5.41, 5.74) is -0.557. The van der Waals surface area contributed by atoms with Crippen molar-refractivity contribution in [1.82, 2.24) is 14.9 Å². The minimum Gasteiger partial charge on any atom is -0.388 e. The number of carbonyl (C=O) groups excluding carboxylic acids is 1. The largest absolute Gasteiger partial charge is 0.388 e. The Balaban J connectivity index is 1.37. The molecule has 1 aromatic heterocycles. The number of hydrogen-bond acceptors (Lipinski definition) is 8. The highest BCUT2D eigenvalue weighted by molar-refractivity contribution is 5.96. The van der Waals surface area contributed by atoms with Crippen molar-refractivity contribution in [1.29, 1.82) is 0 Å². The topological polar surface area (TPSA) is 97.3 Å². The average Bonchev–Trinajstić information content (AvgIpc) is 2.83. The summed E-state index contributed by atoms with van der Waals surface area (Å²) >= 11 is 0. The second kappa shape index (κ2) is 10.7. The van der Waals surface area contributed by atoms with Gasteiger partial charge in [-0.15, -0.1) is 0 Å². The van der Waals surface area contributed by atoms with Gasteiger partial charge in [0.25, 0.3) is 5.91 Å². The SMILES string of the molecule is COCC1CN(c2ncccn2)CC2(CCN(C(=O)C3=CC(C)C(OCC(C)(C)O)C=C3)CC2)O1. The van der Waals surface area contributed by atoms with E-state index in [4.69, 9.17) is 14.2 Å². The normalized spacial score (nSPS) is 26.7. The summed E-state index contributed by atoms with van der Waals surface area (Å²) in [4.78, 5) is 26.2. The van der Waals surface area contributed by atoms with E-state index in [9.17, 15) is 9.90 Å². The zero-order valence-corrected chi connectivity index (χ0v) is 21.2. The fourth-order valence-corrected chi connectivity index (χ4v) is 5.00. The maximum absolute atomic E-state index is 13.3. The van der Waals surface area contributed by atoms with Gasteiger partial charge in [0.2, 0.25) is 5.95 Å². The van der Waals surface area contributed by atoms with E-state index in [0.29, 0.717) is 44.3 Å². The molecule has 9 heteroatoms. The first kappa shape index (κ1) is 25.8. The number of nitrogens with zero attached hydrogens (tertiary/aromatic N) is 4. The Hall–Kier alpha value is -2.33. The average molecular weight is 487 g/mol. The number of methoxy groups -OCH3 is 1. The molecule has 1 aromatic rings. The summed E-state index contributed by atoms with van der Waals surface area (Å²) in [6.07, 6.45) is 10.5. The summed E-state index contributed by atoms with van der Waals surface area (Å²) in [6, 6.07) is 1.81. The van der Waals surface area contributed by atoms with Crippen molar-refractivity contribution in [3.05, 3.63) is 42.3 Å². The first-order valence-electron chi connectivity index (χ1n) is 12.4. The van der Waals surface area contributed by atoms with E-state index in [0.717, 1.165) is 12.8 Å². The number of amides is 1. The molecule has 9 nitrogen and oxygen atoms in total. The van der Waals surface area contributed by atoms with Crippen molar-refractivity contribution in [2.45, 2.75) is 57.0 Å². The molecule has 2 fully saturated rings. The Morgan fingerprint density at radius 2 is 2.00 bits per heavy atom. The molecule has 35 heavy (non-hydrogen) atoms. The molecule has 3 heterocycles. The van der Waals surface area contributed by atoms with Crippen LogP contribution in [0.5, 0.6) is 0 Å². The van der Waals surface area contributed by atoms with Crippen LogP contribution < -0.4 is 4.90 Å². The van der Waals surface area contributed by atoms with E-state index in [1.54, 1.807) is 33.4 Å². The summed E-state index contributed by atoms with van der Waals surface area (Å²) in [7, 11) is 1.68. The van der Waals surface area contributed by atoms with Crippen molar-refractivity contribution in [3.63, 3.8) is 0 Å². The van der Waals surface area contributed by atoms with E-state index < -0.39 is 5.60 Å². The summed E-state index contributed by atoms with van der Waals surface area (Å²) in [5.74, 6) is 0.785. The second-order valence-corrected chi connectivity index (χ2v) is 10.5. The predicted molar refractivity (Wildman–Crippen MR) is 132 cm³/mol. The molecule has 192 valence electrons. The molecule has 2 aliphatic heterocycles. The lowest BCUT2D eigenvalue weighted by atomic mass is 9.87. The van der Waals surface area contributed by atoms with Crippen LogP contribution in [0, 0.1) is 5.92 Å². The van der Waals surface area contributed by atoms with E-state index in [1.165, 1.54) is 0 Å². The van der Waals surface area contributed by atoms with Crippen LogP contribution in [-0.2, 0) is 19.0 Å². The molecule has 1 spiro atoms.